The minimum Gasteiger partial charge on any atom is -0.362 e. The van der Waals surface area contributed by atoms with Crippen molar-refractivity contribution in [1.82, 2.24) is 10.3 Å². The number of hydrogen-bond acceptors (Lipinski definition) is 6. The summed E-state index contributed by atoms with van der Waals surface area (Å²) >= 11 is 0. The van der Waals surface area contributed by atoms with E-state index in [1.807, 2.05) is 6.07 Å². The fourth-order valence-electron chi connectivity index (χ4n) is 2.19. The first-order valence-corrected chi connectivity index (χ1v) is 6.23. The Morgan fingerprint density at radius 3 is 3.11 bits per heavy atom. The van der Waals surface area contributed by atoms with Gasteiger partial charge in [-0.2, -0.15) is 5.26 Å². The quantitative estimate of drug-likeness (QED) is 0.629. The van der Waals surface area contributed by atoms with E-state index in [9.17, 15) is 10.1 Å². The second-order valence-electron chi connectivity index (χ2n) is 4.45. The van der Waals surface area contributed by atoms with E-state index >= 15 is 0 Å². The molecule has 0 saturated carbocycles. The molecule has 0 aromatic carbocycles. The molecule has 100 valence electrons. The van der Waals surface area contributed by atoms with Crippen molar-refractivity contribution in [3.8, 4) is 6.07 Å². The van der Waals surface area contributed by atoms with Gasteiger partial charge in [0.1, 0.15) is 11.6 Å². The van der Waals surface area contributed by atoms with Crippen LogP contribution in [0.1, 0.15) is 24.8 Å². The maximum Gasteiger partial charge on any atom is 0.328 e. The van der Waals surface area contributed by atoms with Crippen molar-refractivity contribution in [2.75, 3.05) is 18.4 Å². The van der Waals surface area contributed by atoms with Gasteiger partial charge in [-0.1, -0.05) is 0 Å². The van der Waals surface area contributed by atoms with E-state index in [2.05, 4.69) is 15.6 Å². The number of nitriles is 1. The minimum absolute atomic E-state index is 0.0363. The van der Waals surface area contributed by atoms with Gasteiger partial charge in [0.05, 0.1) is 4.92 Å². The van der Waals surface area contributed by atoms with Crippen molar-refractivity contribution in [2.24, 2.45) is 0 Å². The number of nitro groups is 1. The SMILES string of the molecule is N#Cc1ccnc(NC2CCCNCC2)c1[N+](=O)[O-]. The normalized spacial score (nSPS) is 19.2. The van der Waals surface area contributed by atoms with Crippen LogP contribution < -0.4 is 10.6 Å². The molecule has 2 rings (SSSR count). The zero-order valence-corrected chi connectivity index (χ0v) is 10.4. The van der Waals surface area contributed by atoms with E-state index < -0.39 is 4.92 Å². The average molecular weight is 261 g/mol. The molecule has 1 aliphatic rings. The Morgan fingerprint density at radius 2 is 2.37 bits per heavy atom. The van der Waals surface area contributed by atoms with E-state index in [1.54, 1.807) is 0 Å². The van der Waals surface area contributed by atoms with Crippen molar-refractivity contribution >= 4 is 11.5 Å². The Hall–Kier alpha value is -2.20. The lowest BCUT2D eigenvalue weighted by Crippen LogP contribution is -2.22. The molecule has 1 saturated heterocycles. The van der Waals surface area contributed by atoms with E-state index in [4.69, 9.17) is 5.26 Å². The second kappa shape index (κ2) is 6.11. The Labute approximate surface area is 110 Å². The molecule has 2 heterocycles. The Kier molecular flexibility index (Phi) is 4.26. The van der Waals surface area contributed by atoms with Gasteiger partial charge in [0.25, 0.3) is 0 Å². The van der Waals surface area contributed by atoms with Crippen LogP contribution in [0.3, 0.4) is 0 Å². The summed E-state index contributed by atoms with van der Waals surface area (Å²) < 4.78 is 0. The highest BCUT2D eigenvalue weighted by Gasteiger charge is 2.23. The van der Waals surface area contributed by atoms with Gasteiger partial charge >= 0.3 is 5.69 Å². The zero-order chi connectivity index (χ0) is 13.7. The van der Waals surface area contributed by atoms with Gasteiger partial charge in [0.15, 0.2) is 0 Å². The summed E-state index contributed by atoms with van der Waals surface area (Å²) in [7, 11) is 0. The molecule has 0 aliphatic carbocycles. The van der Waals surface area contributed by atoms with Crippen molar-refractivity contribution < 1.29 is 4.92 Å². The van der Waals surface area contributed by atoms with Crippen LogP contribution >= 0.6 is 0 Å². The molecule has 1 aliphatic heterocycles. The fraction of sp³-hybridized carbons (Fsp3) is 0.500. The first-order chi connectivity index (χ1) is 9.22. The van der Waals surface area contributed by atoms with Gasteiger partial charge in [0.2, 0.25) is 5.82 Å². The molecule has 7 heteroatoms. The van der Waals surface area contributed by atoms with Crippen LogP contribution in [0.15, 0.2) is 12.3 Å². The van der Waals surface area contributed by atoms with Gasteiger partial charge < -0.3 is 10.6 Å². The smallest absolute Gasteiger partial charge is 0.328 e. The predicted octanol–water partition coefficient (Wildman–Crippen LogP) is 1.42. The molecule has 1 unspecified atom stereocenters. The van der Waals surface area contributed by atoms with Crippen LogP contribution in [-0.4, -0.2) is 29.0 Å². The summed E-state index contributed by atoms with van der Waals surface area (Å²) in [5.41, 5.74) is -0.198. The van der Waals surface area contributed by atoms with Crippen LogP contribution in [0, 0.1) is 21.4 Å². The molecule has 0 radical (unpaired) electrons. The van der Waals surface area contributed by atoms with Gasteiger partial charge in [-0.15, -0.1) is 0 Å². The molecule has 1 fully saturated rings. The highest BCUT2D eigenvalue weighted by molar-refractivity contribution is 5.64. The highest BCUT2D eigenvalue weighted by atomic mass is 16.6. The summed E-state index contributed by atoms with van der Waals surface area (Å²) in [6.45, 7) is 1.84. The summed E-state index contributed by atoms with van der Waals surface area (Å²) in [5.74, 6) is 0.191. The highest BCUT2D eigenvalue weighted by Crippen LogP contribution is 2.27. The number of anilines is 1. The first-order valence-electron chi connectivity index (χ1n) is 6.23. The zero-order valence-electron chi connectivity index (χ0n) is 10.4. The summed E-state index contributed by atoms with van der Waals surface area (Å²) in [6.07, 6.45) is 4.25. The number of aromatic nitrogens is 1. The van der Waals surface area contributed by atoms with Crippen molar-refractivity contribution in [1.29, 1.82) is 5.26 Å². The third kappa shape index (κ3) is 3.17. The molecule has 1 aromatic rings. The maximum absolute atomic E-state index is 11.1. The Balaban J connectivity index is 2.24. The molecule has 0 bridgehead atoms. The van der Waals surface area contributed by atoms with Crippen molar-refractivity contribution in [3.63, 3.8) is 0 Å². The average Bonchev–Trinajstić information content (AvgIpc) is 2.66. The monoisotopic (exact) mass is 261 g/mol. The van der Waals surface area contributed by atoms with E-state index in [0.29, 0.717) is 0 Å². The van der Waals surface area contributed by atoms with Crippen molar-refractivity contribution in [3.05, 3.63) is 27.9 Å². The lowest BCUT2D eigenvalue weighted by Gasteiger charge is -2.16. The summed E-state index contributed by atoms with van der Waals surface area (Å²) in [4.78, 5) is 14.5. The van der Waals surface area contributed by atoms with E-state index in [0.717, 1.165) is 32.4 Å². The van der Waals surface area contributed by atoms with Gasteiger partial charge in [-0.25, -0.2) is 4.98 Å². The lowest BCUT2D eigenvalue weighted by molar-refractivity contribution is -0.384. The van der Waals surface area contributed by atoms with Crippen LogP contribution in [0.25, 0.3) is 0 Å². The predicted molar refractivity (Wildman–Crippen MR) is 69.7 cm³/mol. The third-order valence-corrected chi connectivity index (χ3v) is 3.14. The largest absolute Gasteiger partial charge is 0.362 e. The second-order valence-corrected chi connectivity index (χ2v) is 4.45. The van der Waals surface area contributed by atoms with Crippen LogP contribution in [0.2, 0.25) is 0 Å². The first kappa shape index (κ1) is 13.2. The van der Waals surface area contributed by atoms with Gasteiger partial charge in [0, 0.05) is 12.2 Å². The molecule has 0 amide bonds. The van der Waals surface area contributed by atoms with E-state index in [-0.39, 0.29) is 23.1 Å². The number of hydrogen-bond donors (Lipinski definition) is 2. The number of pyridine rings is 1. The summed E-state index contributed by atoms with van der Waals surface area (Å²) in [5, 5.41) is 26.4. The Bertz CT molecular complexity index is 503. The number of nitrogens with one attached hydrogen (secondary N) is 2. The number of nitrogens with zero attached hydrogens (tertiary/aromatic N) is 3. The topological polar surface area (TPSA) is 104 Å². The molecule has 1 aromatic heterocycles. The van der Waals surface area contributed by atoms with Crippen LogP contribution in [-0.2, 0) is 0 Å². The van der Waals surface area contributed by atoms with Gasteiger partial charge in [-0.05, 0) is 38.4 Å². The molecule has 7 nitrogen and oxygen atoms in total. The van der Waals surface area contributed by atoms with Crippen LogP contribution in [0.4, 0.5) is 11.5 Å². The van der Waals surface area contributed by atoms with Gasteiger partial charge in [-0.3, -0.25) is 10.1 Å². The maximum atomic E-state index is 11.1. The van der Waals surface area contributed by atoms with Crippen LogP contribution in [0.5, 0.6) is 0 Å². The molecular formula is C12H15N5O2. The standard InChI is InChI=1S/C12H15N5O2/c13-8-9-3-7-15-12(11(9)17(18)19)16-10-2-1-5-14-6-4-10/h3,7,10,14H,1-2,4-6H2,(H,15,16). The molecule has 0 spiro atoms. The fourth-order valence-corrected chi connectivity index (χ4v) is 2.19. The Morgan fingerprint density at radius 1 is 1.53 bits per heavy atom. The molecule has 19 heavy (non-hydrogen) atoms. The number of rotatable bonds is 3. The van der Waals surface area contributed by atoms with E-state index in [1.165, 1.54) is 12.3 Å². The molecule has 1 atom stereocenters. The van der Waals surface area contributed by atoms with Crippen molar-refractivity contribution in [2.45, 2.75) is 25.3 Å². The molecular weight excluding hydrogens is 246 g/mol. The third-order valence-electron chi connectivity index (χ3n) is 3.14. The minimum atomic E-state index is -0.553. The lowest BCUT2D eigenvalue weighted by atomic mass is 10.1. The summed E-state index contributed by atoms with van der Waals surface area (Å²) in [6, 6.07) is 3.34. The molecule has 2 N–H and O–H groups in total.